The van der Waals surface area contributed by atoms with Crippen molar-refractivity contribution in [1.29, 1.82) is 0 Å². The van der Waals surface area contributed by atoms with E-state index < -0.39 is 5.97 Å². The smallest absolute Gasteiger partial charge is 0.320 e. The zero-order valence-corrected chi connectivity index (χ0v) is 39.3. The Balaban J connectivity index is 3.67. The molecule has 336 valence electrons. The van der Waals surface area contributed by atoms with Crippen LogP contribution in [0.1, 0.15) is 316 Å². The summed E-state index contributed by atoms with van der Waals surface area (Å²) in [6, 6.07) is -0.287. The Kier molecular flexibility index (Phi) is 48.3. The van der Waals surface area contributed by atoms with Gasteiger partial charge in [-0.3, -0.25) is 9.69 Å². The summed E-state index contributed by atoms with van der Waals surface area (Å²) in [4.78, 5) is 14.5. The summed E-state index contributed by atoms with van der Waals surface area (Å²) in [6.45, 7) is 8.67. The molecule has 1 unspecified atom stereocenters. The van der Waals surface area contributed by atoms with Gasteiger partial charge in [0.25, 0.3) is 0 Å². The van der Waals surface area contributed by atoms with Crippen molar-refractivity contribution in [2.45, 2.75) is 322 Å². The van der Waals surface area contributed by atoms with Gasteiger partial charge in [0.15, 0.2) is 0 Å². The van der Waals surface area contributed by atoms with Gasteiger partial charge < -0.3 is 5.11 Å². The maximum Gasteiger partial charge on any atom is 0.320 e. The highest BCUT2D eigenvalue weighted by molar-refractivity contribution is 5.73. The third-order valence-electron chi connectivity index (χ3n) is 12.9. The molecule has 0 aliphatic rings. The standard InChI is InChI=1S/C53H107NO2/c1-4-7-9-11-13-15-17-19-21-23-25-27-29-31-33-35-37-39-41-43-45-47-50-54(52(49-6-3)53(55)56)51-48-46-44-42-40-38-36-34-32-30-28-26-24-22-20-18-16-14-12-10-8-5-2/h52H,4-51H2,1-3H3,(H,55,56). The third kappa shape index (κ3) is 43.0. The van der Waals surface area contributed by atoms with Gasteiger partial charge >= 0.3 is 5.97 Å². The first kappa shape index (κ1) is 55.4. The largest absolute Gasteiger partial charge is 0.480 e. The van der Waals surface area contributed by atoms with Gasteiger partial charge in [-0.25, -0.2) is 0 Å². The SMILES string of the molecule is CCCCCCCCCCCCCCCCCCCCCCCCN(CCCCCCCCCCCCCCCCCCCCCCCC)C(CCC)C(=O)O. The van der Waals surface area contributed by atoms with Gasteiger partial charge in [0, 0.05) is 0 Å². The first-order valence-electron chi connectivity index (χ1n) is 26.6. The average Bonchev–Trinajstić information content (AvgIpc) is 3.20. The summed E-state index contributed by atoms with van der Waals surface area (Å²) in [7, 11) is 0. The van der Waals surface area contributed by atoms with Crippen molar-refractivity contribution in [3.63, 3.8) is 0 Å². The van der Waals surface area contributed by atoms with E-state index in [0.29, 0.717) is 0 Å². The molecule has 0 fully saturated rings. The fourth-order valence-electron chi connectivity index (χ4n) is 9.01. The lowest BCUT2D eigenvalue weighted by Crippen LogP contribution is -2.42. The minimum atomic E-state index is -0.607. The van der Waals surface area contributed by atoms with Crippen molar-refractivity contribution in [2.75, 3.05) is 13.1 Å². The Morgan fingerprint density at radius 2 is 0.482 bits per heavy atom. The van der Waals surface area contributed by atoms with E-state index in [1.807, 2.05) is 0 Å². The minimum absolute atomic E-state index is 0.287. The van der Waals surface area contributed by atoms with Crippen LogP contribution in [0.15, 0.2) is 0 Å². The Morgan fingerprint density at radius 1 is 0.304 bits per heavy atom. The van der Waals surface area contributed by atoms with Crippen molar-refractivity contribution >= 4 is 5.97 Å². The molecule has 56 heavy (non-hydrogen) atoms. The van der Waals surface area contributed by atoms with Gasteiger partial charge in [-0.15, -0.1) is 0 Å². The molecule has 0 saturated heterocycles. The van der Waals surface area contributed by atoms with Crippen LogP contribution in [0.3, 0.4) is 0 Å². The van der Waals surface area contributed by atoms with Crippen LogP contribution >= 0.6 is 0 Å². The highest BCUT2D eigenvalue weighted by atomic mass is 16.4. The van der Waals surface area contributed by atoms with Crippen molar-refractivity contribution in [2.24, 2.45) is 0 Å². The minimum Gasteiger partial charge on any atom is -0.480 e. The second kappa shape index (κ2) is 48.8. The number of aliphatic carboxylic acids is 1. The van der Waals surface area contributed by atoms with Crippen LogP contribution in [-0.4, -0.2) is 35.1 Å². The first-order valence-corrected chi connectivity index (χ1v) is 26.6. The third-order valence-corrected chi connectivity index (χ3v) is 12.9. The number of unbranched alkanes of at least 4 members (excludes halogenated alkanes) is 42. The lowest BCUT2D eigenvalue weighted by Gasteiger charge is -2.29. The molecule has 0 aliphatic heterocycles. The van der Waals surface area contributed by atoms with Crippen LogP contribution in [0.2, 0.25) is 0 Å². The van der Waals surface area contributed by atoms with Gasteiger partial charge in [-0.1, -0.05) is 297 Å². The molecule has 3 heteroatoms. The Hall–Kier alpha value is -0.570. The predicted molar refractivity (Wildman–Crippen MR) is 252 cm³/mol. The molecule has 0 spiro atoms. The van der Waals surface area contributed by atoms with E-state index in [-0.39, 0.29) is 6.04 Å². The van der Waals surface area contributed by atoms with Crippen molar-refractivity contribution in [3.8, 4) is 0 Å². The molecule has 0 saturated carbocycles. The summed E-state index contributed by atoms with van der Waals surface area (Å²) in [5.41, 5.74) is 0. The number of rotatable bonds is 50. The van der Waals surface area contributed by atoms with Crippen molar-refractivity contribution < 1.29 is 9.90 Å². The van der Waals surface area contributed by atoms with Crippen molar-refractivity contribution in [1.82, 2.24) is 4.90 Å². The number of carbonyl (C=O) groups is 1. The molecule has 0 heterocycles. The van der Waals surface area contributed by atoms with Gasteiger partial charge in [0.1, 0.15) is 6.04 Å². The van der Waals surface area contributed by atoms with Crippen LogP contribution < -0.4 is 0 Å². The van der Waals surface area contributed by atoms with E-state index >= 15 is 0 Å². The number of carboxylic acids is 1. The molecule has 3 nitrogen and oxygen atoms in total. The fraction of sp³-hybridized carbons (Fsp3) is 0.981. The Bertz CT molecular complexity index is 676. The van der Waals surface area contributed by atoms with Gasteiger partial charge in [0.2, 0.25) is 0 Å². The Labute approximate surface area is 354 Å². The molecule has 0 rings (SSSR count). The summed E-state index contributed by atoms with van der Waals surface area (Å²) in [6.07, 6.45) is 63.8. The van der Waals surface area contributed by atoms with Gasteiger partial charge in [0.05, 0.1) is 0 Å². The van der Waals surface area contributed by atoms with Crippen LogP contribution in [0.4, 0.5) is 0 Å². The van der Waals surface area contributed by atoms with E-state index in [1.165, 1.54) is 270 Å². The fourth-order valence-corrected chi connectivity index (χ4v) is 9.01. The van der Waals surface area contributed by atoms with Crippen LogP contribution in [0.25, 0.3) is 0 Å². The topological polar surface area (TPSA) is 40.5 Å². The quantitative estimate of drug-likeness (QED) is 0.0624. The molecule has 0 aromatic heterocycles. The van der Waals surface area contributed by atoms with E-state index in [2.05, 4.69) is 25.7 Å². The number of carboxylic acid groups (broad SMARTS) is 1. The van der Waals surface area contributed by atoms with E-state index in [4.69, 9.17) is 0 Å². The second-order valence-electron chi connectivity index (χ2n) is 18.5. The second-order valence-corrected chi connectivity index (χ2v) is 18.5. The van der Waals surface area contributed by atoms with E-state index in [9.17, 15) is 9.90 Å². The van der Waals surface area contributed by atoms with Crippen molar-refractivity contribution in [3.05, 3.63) is 0 Å². The summed E-state index contributed by atoms with van der Waals surface area (Å²) in [5.74, 6) is -0.607. The molecule has 1 atom stereocenters. The number of hydrogen-bond acceptors (Lipinski definition) is 2. The predicted octanol–water partition coefficient (Wildman–Crippen LogP) is 18.7. The van der Waals surface area contributed by atoms with Gasteiger partial charge in [-0.05, 0) is 32.4 Å². The monoisotopic (exact) mass is 790 g/mol. The van der Waals surface area contributed by atoms with Crippen LogP contribution in [0.5, 0.6) is 0 Å². The highest BCUT2D eigenvalue weighted by Gasteiger charge is 2.23. The number of hydrogen-bond donors (Lipinski definition) is 1. The summed E-state index contributed by atoms with van der Waals surface area (Å²) in [5, 5.41) is 9.99. The Morgan fingerprint density at radius 3 is 0.643 bits per heavy atom. The maximum atomic E-state index is 12.1. The van der Waals surface area contributed by atoms with Crippen LogP contribution in [-0.2, 0) is 4.79 Å². The molecule has 0 aromatic rings. The van der Waals surface area contributed by atoms with E-state index in [0.717, 1.165) is 38.8 Å². The molecule has 0 bridgehead atoms. The summed E-state index contributed by atoms with van der Waals surface area (Å²) >= 11 is 0. The normalized spacial score (nSPS) is 12.3. The highest BCUT2D eigenvalue weighted by Crippen LogP contribution is 2.19. The zero-order valence-electron chi connectivity index (χ0n) is 39.3. The molecule has 0 aromatic carbocycles. The molecule has 1 N–H and O–H groups in total. The van der Waals surface area contributed by atoms with Crippen LogP contribution in [0, 0.1) is 0 Å². The van der Waals surface area contributed by atoms with E-state index in [1.54, 1.807) is 0 Å². The zero-order chi connectivity index (χ0) is 40.7. The molecule has 0 aliphatic carbocycles. The first-order chi connectivity index (χ1) is 27.7. The summed E-state index contributed by atoms with van der Waals surface area (Å²) < 4.78 is 0. The number of nitrogens with zero attached hydrogens (tertiary/aromatic N) is 1. The molecular formula is C53H107NO2. The lowest BCUT2D eigenvalue weighted by atomic mass is 10.0. The maximum absolute atomic E-state index is 12.1. The lowest BCUT2D eigenvalue weighted by molar-refractivity contribution is -0.143. The average molecular weight is 790 g/mol. The molecule has 0 amide bonds. The molecular weight excluding hydrogens is 683 g/mol. The van der Waals surface area contributed by atoms with Gasteiger partial charge in [-0.2, -0.15) is 0 Å². The molecule has 0 radical (unpaired) electrons.